The first-order valence-electron chi connectivity index (χ1n) is 11.7. The van der Waals surface area contributed by atoms with Crippen molar-refractivity contribution in [3.8, 4) is 11.5 Å². The molecular formula is C29H27N3O5S. The molecule has 0 aliphatic carbocycles. The Hall–Kier alpha value is -4.63. The molecule has 1 amide bonds. The van der Waals surface area contributed by atoms with E-state index in [-0.39, 0.29) is 22.7 Å². The molecule has 9 heteroatoms. The number of hydrogen-bond acceptors (Lipinski definition) is 6. The summed E-state index contributed by atoms with van der Waals surface area (Å²) >= 11 is 0. The van der Waals surface area contributed by atoms with Crippen molar-refractivity contribution in [3.05, 3.63) is 120 Å². The van der Waals surface area contributed by atoms with E-state index in [1.807, 2.05) is 30.3 Å². The summed E-state index contributed by atoms with van der Waals surface area (Å²) in [6.07, 6.45) is 1.50. The van der Waals surface area contributed by atoms with E-state index in [4.69, 9.17) is 9.47 Å². The minimum Gasteiger partial charge on any atom is -0.497 e. The van der Waals surface area contributed by atoms with Crippen LogP contribution in [0.3, 0.4) is 0 Å². The standard InChI is InChI=1S/C29H27N3O5S/c1-36-24-14-12-22(13-15-24)20-30-31-29(33)27-10-6-7-11-28(27)32(21-23-8-4-3-5-9-23)38(34,35)26-18-16-25(37-2)17-19-26/h3-20H,21H2,1-2H3,(H,31,33)/b30-20-. The first-order chi connectivity index (χ1) is 18.4. The second-order valence-electron chi connectivity index (χ2n) is 8.16. The number of anilines is 1. The van der Waals surface area contributed by atoms with Gasteiger partial charge in [-0.15, -0.1) is 0 Å². The van der Waals surface area contributed by atoms with E-state index in [1.54, 1.807) is 67.8 Å². The highest BCUT2D eigenvalue weighted by Gasteiger charge is 2.28. The summed E-state index contributed by atoms with van der Waals surface area (Å²) in [6.45, 7) is 0.0224. The van der Waals surface area contributed by atoms with Crippen molar-refractivity contribution in [2.45, 2.75) is 11.4 Å². The maximum Gasteiger partial charge on any atom is 0.273 e. The van der Waals surface area contributed by atoms with Crippen LogP contribution in [0.2, 0.25) is 0 Å². The highest BCUT2D eigenvalue weighted by molar-refractivity contribution is 7.92. The van der Waals surface area contributed by atoms with Gasteiger partial charge in [-0.2, -0.15) is 5.10 Å². The summed E-state index contributed by atoms with van der Waals surface area (Å²) < 4.78 is 39.3. The van der Waals surface area contributed by atoms with Crippen molar-refractivity contribution in [1.82, 2.24) is 5.43 Å². The Morgan fingerprint density at radius 3 is 2.03 bits per heavy atom. The van der Waals surface area contributed by atoms with Crippen molar-refractivity contribution in [2.24, 2.45) is 5.10 Å². The fourth-order valence-corrected chi connectivity index (χ4v) is 5.19. The molecular weight excluding hydrogens is 502 g/mol. The molecule has 194 valence electrons. The Morgan fingerprint density at radius 2 is 1.39 bits per heavy atom. The summed E-state index contributed by atoms with van der Waals surface area (Å²) in [5.41, 5.74) is 4.41. The van der Waals surface area contributed by atoms with Crippen LogP contribution in [0.1, 0.15) is 21.5 Å². The van der Waals surface area contributed by atoms with Crippen LogP contribution < -0.4 is 19.2 Å². The van der Waals surface area contributed by atoms with E-state index in [9.17, 15) is 13.2 Å². The average molecular weight is 530 g/mol. The number of para-hydroxylation sites is 1. The van der Waals surface area contributed by atoms with E-state index < -0.39 is 15.9 Å². The van der Waals surface area contributed by atoms with Crippen LogP contribution >= 0.6 is 0 Å². The zero-order valence-corrected chi connectivity index (χ0v) is 21.8. The Kier molecular flexibility index (Phi) is 8.40. The van der Waals surface area contributed by atoms with Gasteiger partial charge in [-0.1, -0.05) is 42.5 Å². The van der Waals surface area contributed by atoms with E-state index in [1.165, 1.54) is 29.8 Å². The van der Waals surface area contributed by atoms with Crippen LogP contribution in [-0.4, -0.2) is 34.8 Å². The summed E-state index contributed by atoms with van der Waals surface area (Å²) in [5, 5.41) is 4.05. The van der Waals surface area contributed by atoms with E-state index in [0.29, 0.717) is 11.5 Å². The molecule has 0 unspecified atom stereocenters. The van der Waals surface area contributed by atoms with Gasteiger partial charge in [0.2, 0.25) is 0 Å². The van der Waals surface area contributed by atoms with Gasteiger partial charge in [0, 0.05) is 0 Å². The van der Waals surface area contributed by atoms with Gasteiger partial charge in [0.25, 0.3) is 15.9 Å². The summed E-state index contributed by atoms with van der Waals surface area (Å²) in [4.78, 5) is 13.2. The molecule has 0 radical (unpaired) electrons. The minimum atomic E-state index is -4.06. The molecule has 8 nitrogen and oxygen atoms in total. The molecule has 0 fully saturated rings. The smallest absolute Gasteiger partial charge is 0.273 e. The highest BCUT2D eigenvalue weighted by Crippen LogP contribution is 2.30. The van der Waals surface area contributed by atoms with Gasteiger partial charge in [0.1, 0.15) is 11.5 Å². The average Bonchev–Trinajstić information content (AvgIpc) is 2.96. The molecule has 0 atom stereocenters. The van der Waals surface area contributed by atoms with Crippen molar-refractivity contribution >= 4 is 27.8 Å². The molecule has 0 saturated carbocycles. The lowest BCUT2D eigenvalue weighted by Gasteiger charge is -2.26. The van der Waals surface area contributed by atoms with Crippen LogP contribution in [0.4, 0.5) is 5.69 Å². The lowest BCUT2D eigenvalue weighted by atomic mass is 10.1. The van der Waals surface area contributed by atoms with Crippen molar-refractivity contribution in [1.29, 1.82) is 0 Å². The fraction of sp³-hybridized carbons (Fsp3) is 0.103. The second-order valence-corrected chi connectivity index (χ2v) is 10.0. The zero-order chi connectivity index (χ0) is 27.0. The van der Waals surface area contributed by atoms with Crippen LogP contribution in [0, 0.1) is 0 Å². The largest absolute Gasteiger partial charge is 0.497 e. The lowest BCUT2D eigenvalue weighted by Crippen LogP contribution is -2.33. The molecule has 0 aromatic heterocycles. The van der Waals surface area contributed by atoms with Gasteiger partial charge in [0.15, 0.2) is 0 Å². The van der Waals surface area contributed by atoms with Gasteiger partial charge in [-0.05, 0) is 71.8 Å². The molecule has 0 aliphatic rings. The SMILES string of the molecule is COc1ccc(/C=N\NC(=O)c2ccccc2N(Cc2ccccc2)S(=O)(=O)c2ccc(OC)cc2)cc1. The molecule has 4 aromatic carbocycles. The Bertz CT molecular complexity index is 1500. The monoisotopic (exact) mass is 529 g/mol. The molecule has 0 heterocycles. The quantitative estimate of drug-likeness (QED) is 0.234. The third kappa shape index (κ3) is 6.19. The van der Waals surface area contributed by atoms with Crippen LogP contribution in [0.15, 0.2) is 113 Å². The molecule has 4 rings (SSSR count). The zero-order valence-electron chi connectivity index (χ0n) is 20.9. The summed E-state index contributed by atoms with van der Waals surface area (Å²) in [5.74, 6) is 0.693. The number of hydrogen-bond donors (Lipinski definition) is 1. The van der Waals surface area contributed by atoms with Crippen LogP contribution in [-0.2, 0) is 16.6 Å². The number of nitrogens with zero attached hydrogens (tertiary/aromatic N) is 2. The summed E-state index contributed by atoms with van der Waals surface area (Å²) in [7, 11) is -0.965. The number of hydrazone groups is 1. The number of rotatable bonds is 10. The number of carbonyl (C=O) groups is 1. The predicted octanol–water partition coefficient (Wildman–Crippen LogP) is 4.86. The molecule has 0 saturated heterocycles. The Labute approximate surface area is 222 Å². The highest BCUT2D eigenvalue weighted by atomic mass is 32.2. The number of nitrogens with one attached hydrogen (secondary N) is 1. The van der Waals surface area contributed by atoms with E-state index >= 15 is 0 Å². The van der Waals surface area contributed by atoms with Crippen LogP contribution in [0.5, 0.6) is 11.5 Å². The molecule has 38 heavy (non-hydrogen) atoms. The number of methoxy groups -OCH3 is 2. The molecule has 0 aliphatic heterocycles. The Balaban J connectivity index is 1.67. The maximum absolute atomic E-state index is 13.9. The first-order valence-corrected chi connectivity index (χ1v) is 13.1. The number of carbonyl (C=O) groups excluding carboxylic acids is 1. The van der Waals surface area contributed by atoms with Crippen molar-refractivity contribution < 1.29 is 22.7 Å². The predicted molar refractivity (Wildman–Crippen MR) is 147 cm³/mol. The molecule has 0 spiro atoms. The molecule has 4 aromatic rings. The lowest BCUT2D eigenvalue weighted by molar-refractivity contribution is 0.0955. The third-order valence-corrected chi connectivity index (χ3v) is 7.50. The number of amides is 1. The topological polar surface area (TPSA) is 97.3 Å². The van der Waals surface area contributed by atoms with Gasteiger partial charge < -0.3 is 9.47 Å². The van der Waals surface area contributed by atoms with Gasteiger partial charge >= 0.3 is 0 Å². The van der Waals surface area contributed by atoms with E-state index in [2.05, 4.69) is 10.5 Å². The van der Waals surface area contributed by atoms with Gasteiger partial charge in [-0.25, -0.2) is 13.8 Å². The number of ether oxygens (including phenoxy) is 2. The third-order valence-electron chi connectivity index (χ3n) is 5.73. The van der Waals surface area contributed by atoms with Crippen molar-refractivity contribution in [2.75, 3.05) is 18.5 Å². The molecule has 1 N–H and O–H groups in total. The fourth-order valence-electron chi connectivity index (χ4n) is 3.72. The summed E-state index contributed by atoms with van der Waals surface area (Å²) in [6, 6.07) is 29.0. The maximum atomic E-state index is 13.9. The normalized spacial score (nSPS) is 11.2. The van der Waals surface area contributed by atoms with Gasteiger partial charge in [0.05, 0.1) is 43.1 Å². The van der Waals surface area contributed by atoms with Crippen molar-refractivity contribution in [3.63, 3.8) is 0 Å². The van der Waals surface area contributed by atoms with E-state index in [0.717, 1.165) is 11.1 Å². The Morgan fingerprint density at radius 1 is 0.816 bits per heavy atom. The second kappa shape index (κ2) is 12.1. The number of sulfonamides is 1. The first kappa shape index (κ1) is 26.4. The molecule has 0 bridgehead atoms. The minimum absolute atomic E-state index is 0.0224. The number of benzene rings is 4. The van der Waals surface area contributed by atoms with Crippen LogP contribution in [0.25, 0.3) is 0 Å². The van der Waals surface area contributed by atoms with Gasteiger partial charge in [-0.3, -0.25) is 9.10 Å².